The normalized spacial score (nSPS) is 11.5. The smallest absolute Gasteiger partial charge is 0.279 e. The zero-order chi connectivity index (χ0) is 19.8. The van der Waals surface area contributed by atoms with Crippen molar-refractivity contribution in [1.82, 2.24) is 13.8 Å². The molecule has 0 radical (unpaired) electrons. The van der Waals surface area contributed by atoms with Gasteiger partial charge in [-0.25, -0.2) is 4.98 Å². The molecule has 0 unspecified atom stereocenters. The molecule has 0 N–H and O–H groups in total. The molecule has 0 saturated carbocycles. The van der Waals surface area contributed by atoms with Gasteiger partial charge in [0.25, 0.3) is 15.7 Å². The first-order valence-electron chi connectivity index (χ1n) is 7.92. The predicted molar refractivity (Wildman–Crippen MR) is 108 cm³/mol. The van der Waals surface area contributed by atoms with Crippen LogP contribution in [0.3, 0.4) is 0 Å². The standard InChI is InChI=1S/C17H17N5O4S.ClH/c1-12-4-7-17-18-9-15(21(17)11-12)10-19-20(3)27(25,26)16-8-14(22(23)24)6-5-13(16)2;/h4-11H,1-3H3;1H/b19-10+;. The molecular weight excluding hydrogens is 406 g/mol. The molecular formula is C17H18ClN5O4S. The van der Waals surface area contributed by atoms with Crippen LogP contribution in [-0.2, 0) is 10.0 Å². The number of aryl methyl sites for hydroxylation is 2. The molecule has 3 rings (SSSR count). The van der Waals surface area contributed by atoms with E-state index in [-0.39, 0.29) is 23.0 Å². The first kappa shape index (κ1) is 21.3. The van der Waals surface area contributed by atoms with Crippen LogP contribution in [-0.4, -0.2) is 40.4 Å². The Bertz CT molecular complexity index is 1170. The van der Waals surface area contributed by atoms with E-state index in [0.29, 0.717) is 16.9 Å². The van der Waals surface area contributed by atoms with Crippen LogP contribution < -0.4 is 0 Å². The molecule has 0 saturated heterocycles. The summed E-state index contributed by atoms with van der Waals surface area (Å²) in [5.41, 5.74) is 2.43. The fourth-order valence-corrected chi connectivity index (χ4v) is 3.73. The van der Waals surface area contributed by atoms with Gasteiger partial charge in [-0.05, 0) is 31.0 Å². The topological polar surface area (TPSA) is 110 Å². The molecule has 2 aromatic heterocycles. The number of aromatic nitrogens is 2. The molecule has 0 atom stereocenters. The Morgan fingerprint density at radius 3 is 2.64 bits per heavy atom. The second-order valence-corrected chi connectivity index (χ2v) is 7.93. The first-order valence-corrected chi connectivity index (χ1v) is 9.36. The second kappa shape index (κ2) is 7.95. The van der Waals surface area contributed by atoms with E-state index in [1.165, 1.54) is 25.4 Å². The third-order valence-corrected chi connectivity index (χ3v) is 5.83. The summed E-state index contributed by atoms with van der Waals surface area (Å²) in [5, 5.41) is 15.0. The van der Waals surface area contributed by atoms with E-state index < -0.39 is 14.9 Å². The molecule has 1 aromatic carbocycles. The molecule has 0 aliphatic heterocycles. The highest BCUT2D eigenvalue weighted by atomic mass is 35.5. The van der Waals surface area contributed by atoms with E-state index in [4.69, 9.17) is 0 Å². The van der Waals surface area contributed by atoms with E-state index in [2.05, 4.69) is 10.1 Å². The summed E-state index contributed by atoms with van der Waals surface area (Å²) in [6.07, 6.45) is 4.82. The zero-order valence-electron chi connectivity index (χ0n) is 15.3. The maximum Gasteiger partial charge on any atom is 0.279 e. The molecule has 0 spiro atoms. The monoisotopic (exact) mass is 423 g/mol. The van der Waals surface area contributed by atoms with E-state index in [1.54, 1.807) is 17.5 Å². The average molecular weight is 424 g/mol. The number of fused-ring (bicyclic) bond motifs is 1. The summed E-state index contributed by atoms with van der Waals surface area (Å²) in [6.45, 7) is 3.50. The van der Waals surface area contributed by atoms with Crippen molar-refractivity contribution in [2.24, 2.45) is 5.10 Å². The maximum absolute atomic E-state index is 12.8. The molecule has 0 aliphatic carbocycles. The van der Waals surface area contributed by atoms with Crippen LogP contribution in [0.4, 0.5) is 5.69 Å². The molecule has 0 fully saturated rings. The Morgan fingerprint density at radius 1 is 1.25 bits per heavy atom. The number of hydrogen-bond donors (Lipinski definition) is 0. The van der Waals surface area contributed by atoms with Crippen molar-refractivity contribution in [2.75, 3.05) is 7.05 Å². The number of hydrazone groups is 1. The zero-order valence-corrected chi connectivity index (χ0v) is 16.9. The lowest BCUT2D eigenvalue weighted by Gasteiger charge is -2.15. The van der Waals surface area contributed by atoms with Crippen molar-refractivity contribution in [2.45, 2.75) is 18.7 Å². The van der Waals surface area contributed by atoms with E-state index in [9.17, 15) is 18.5 Å². The van der Waals surface area contributed by atoms with Gasteiger partial charge in [-0.1, -0.05) is 12.1 Å². The van der Waals surface area contributed by atoms with Crippen LogP contribution in [0.25, 0.3) is 5.65 Å². The molecule has 0 amide bonds. The van der Waals surface area contributed by atoms with Crippen molar-refractivity contribution in [3.8, 4) is 0 Å². The number of nitro benzene ring substituents is 1. The van der Waals surface area contributed by atoms with E-state index in [1.807, 2.05) is 25.3 Å². The fraction of sp³-hybridized carbons (Fsp3) is 0.176. The molecule has 2 heterocycles. The predicted octanol–water partition coefficient (Wildman–Crippen LogP) is 2.94. The van der Waals surface area contributed by atoms with Crippen molar-refractivity contribution < 1.29 is 13.3 Å². The molecule has 0 aliphatic rings. The summed E-state index contributed by atoms with van der Waals surface area (Å²) in [7, 11) is -2.76. The Labute approximate surface area is 167 Å². The van der Waals surface area contributed by atoms with Gasteiger partial charge >= 0.3 is 0 Å². The number of benzene rings is 1. The number of sulfonamides is 1. The Balaban J connectivity index is 0.00000280. The van der Waals surface area contributed by atoms with Crippen LogP contribution in [0.5, 0.6) is 0 Å². The molecule has 28 heavy (non-hydrogen) atoms. The van der Waals surface area contributed by atoms with Crippen LogP contribution in [0.2, 0.25) is 0 Å². The number of hydrogen-bond acceptors (Lipinski definition) is 6. The Kier molecular flexibility index (Phi) is 6.05. The van der Waals surface area contributed by atoms with Gasteiger partial charge in [-0.2, -0.15) is 17.9 Å². The molecule has 9 nitrogen and oxygen atoms in total. The van der Waals surface area contributed by atoms with Gasteiger partial charge in [0.2, 0.25) is 0 Å². The van der Waals surface area contributed by atoms with Crippen LogP contribution in [0.1, 0.15) is 16.8 Å². The highest BCUT2D eigenvalue weighted by Gasteiger charge is 2.24. The van der Waals surface area contributed by atoms with Crippen LogP contribution in [0.15, 0.2) is 52.7 Å². The highest BCUT2D eigenvalue weighted by molar-refractivity contribution is 7.89. The lowest BCUT2D eigenvalue weighted by atomic mass is 10.2. The van der Waals surface area contributed by atoms with Gasteiger partial charge in [-0.15, -0.1) is 12.4 Å². The number of nitro groups is 1. The molecule has 0 bridgehead atoms. The van der Waals surface area contributed by atoms with Crippen molar-refractivity contribution in [1.29, 1.82) is 0 Å². The van der Waals surface area contributed by atoms with Gasteiger partial charge in [0.15, 0.2) is 0 Å². The Morgan fingerprint density at radius 2 is 1.96 bits per heavy atom. The number of non-ortho nitro benzene ring substituents is 1. The maximum atomic E-state index is 12.8. The van der Waals surface area contributed by atoms with E-state index >= 15 is 0 Å². The van der Waals surface area contributed by atoms with Gasteiger partial charge in [-0.3, -0.25) is 14.5 Å². The quantitative estimate of drug-likeness (QED) is 0.356. The lowest BCUT2D eigenvalue weighted by molar-refractivity contribution is -0.385. The van der Waals surface area contributed by atoms with Crippen LogP contribution >= 0.6 is 12.4 Å². The summed E-state index contributed by atoms with van der Waals surface area (Å²) < 4.78 is 28.1. The third kappa shape index (κ3) is 3.97. The van der Waals surface area contributed by atoms with Crippen molar-refractivity contribution in [3.63, 3.8) is 0 Å². The number of pyridine rings is 1. The minimum atomic E-state index is -4.04. The van der Waals surface area contributed by atoms with Crippen molar-refractivity contribution >= 4 is 40.0 Å². The SMILES string of the molecule is Cc1ccc2ncc(/C=N/N(C)S(=O)(=O)c3cc([N+](=O)[O-])ccc3C)n2c1.Cl. The lowest BCUT2D eigenvalue weighted by Crippen LogP contribution is -2.23. The first-order chi connectivity index (χ1) is 12.7. The number of imidazole rings is 1. The highest BCUT2D eigenvalue weighted by Crippen LogP contribution is 2.24. The number of halogens is 1. The number of nitrogens with zero attached hydrogens (tertiary/aromatic N) is 5. The summed E-state index contributed by atoms with van der Waals surface area (Å²) in [5.74, 6) is 0. The third-order valence-electron chi connectivity index (χ3n) is 4.04. The van der Waals surface area contributed by atoms with Crippen molar-refractivity contribution in [3.05, 3.63) is 69.7 Å². The van der Waals surface area contributed by atoms with Gasteiger partial charge < -0.3 is 0 Å². The minimum absolute atomic E-state index is 0. The summed E-state index contributed by atoms with van der Waals surface area (Å²) in [4.78, 5) is 14.4. The summed E-state index contributed by atoms with van der Waals surface area (Å²) >= 11 is 0. The minimum Gasteiger partial charge on any atom is -0.298 e. The largest absolute Gasteiger partial charge is 0.298 e. The Hall–Kier alpha value is -2.98. The van der Waals surface area contributed by atoms with Gasteiger partial charge in [0.05, 0.1) is 27.9 Å². The van der Waals surface area contributed by atoms with E-state index in [0.717, 1.165) is 16.0 Å². The van der Waals surface area contributed by atoms with Gasteiger partial charge in [0, 0.05) is 25.4 Å². The molecule has 11 heteroatoms. The number of rotatable bonds is 5. The van der Waals surface area contributed by atoms with Crippen LogP contribution in [0, 0.1) is 24.0 Å². The molecule has 3 aromatic rings. The average Bonchev–Trinajstić information content (AvgIpc) is 3.01. The molecule has 148 valence electrons. The van der Waals surface area contributed by atoms with Gasteiger partial charge in [0.1, 0.15) is 5.65 Å². The second-order valence-electron chi connectivity index (χ2n) is 6.01. The summed E-state index contributed by atoms with van der Waals surface area (Å²) in [6, 6.07) is 7.47. The fourth-order valence-electron chi connectivity index (χ4n) is 2.53.